The molecule has 0 saturated carbocycles. The number of hydrogen-bond acceptors (Lipinski definition) is 11. The number of methoxy groups -OCH3 is 4. The summed E-state index contributed by atoms with van der Waals surface area (Å²) in [6.45, 7) is 4.75. The summed E-state index contributed by atoms with van der Waals surface area (Å²) in [5.74, 6) is -7.17. The number of carboxylic acids is 2. The van der Waals surface area contributed by atoms with Crippen LogP contribution >= 0.6 is 0 Å². The predicted octanol–water partition coefficient (Wildman–Crippen LogP) is 2.77. The standard InChI is InChI=1S/2C12H11FO4.2C9H7FO2.CN.CH4.K/c1-16-10(14)12(11(15)17-2)6-7-3-4-8(13)5-9(7)12;1-16-10(14)12(11(15)17-2)6-7-8(12)4-3-5-9(7)13;10-6-2-1-5-3-8(9(11)12)7(5)4-6;10-8-3-1-2-5-6(8)4-7(5)9(11)12;1-2;;/h2*3-5H,6H2,1-2H3;1-2,4,8H,3H2,(H,11,12);1-3,7H,4H2,(H,11,12);;1H4;/q;;;;-1;;+1. The molecule has 62 heavy (non-hydrogen) atoms. The van der Waals surface area contributed by atoms with E-state index in [1.54, 1.807) is 24.3 Å². The first-order valence-corrected chi connectivity index (χ1v) is 17.7. The summed E-state index contributed by atoms with van der Waals surface area (Å²) in [7, 11) is 4.74. The molecule has 4 aromatic carbocycles. The van der Waals surface area contributed by atoms with Gasteiger partial charge < -0.3 is 41.0 Å². The second kappa shape index (κ2) is 22.1. The van der Waals surface area contributed by atoms with Crippen LogP contribution in [0.2, 0.25) is 0 Å². The first-order valence-electron chi connectivity index (χ1n) is 17.7. The zero-order valence-corrected chi connectivity index (χ0v) is 36.5. The van der Waals surface area contributed by atoms with E-state index < -0.39 is 70.1 Å². The molecule has 0 bridgehead atoms. The Balaban J connectivity index is 0.000000281. The number of carboxylic acid groups (broad SMARTS) is 2. The van der Waals surface area contributed by atoms with Crippen LogP contribution in [-0.2, 0) is 84.2 Å². The van der Waals surface area contributed by atoms with Crippen LogP contribution in [0.5, 0.6) is 0 Å². The normalized spacial score (nSPS) is 16.1. The molecule has 13 nitrogen and oxygen atoms in total. The number of ether oxygens (including phenoxy) is 4. The number of fused-ring (bicyclic) bond motifs is 4. The number of aliphatic carboxylic acids is 2. The fourth-order valence-corrected chi connectivity index (χ4v) is 7.37. The maximum absolute atomic E-state index is 13.4. The van der Waals surface area contributed by atoms with Gasteiger partial charge in [0.2, 0.25) is 0 Å². The molecule has 0 fully saturated rings. The molecule has 0 heterocycles. The van der Waals surface area contributed by atoms with Gasteiger partial charge in [0.05, 0.1) is 40.3 Å². The van der Waals surface area contributed by atoms with Crippen molar-refractivity contribution in [2.75, 3.05) is 28.4 Å². The van der Waals surface area contributed by atoms with Gasteiger partial charge in [-0.15, -0.1) is 0 Å². The van der Waals surface area contributed by atoms with Crippen molar-refractivity contribution in [3.05, 3.63) is 147 Å². The van der Waals surface area contributed by atoms with Crippen LogP contribution in [0, 0.1) is 35.1 Å². The summed E-state index contributed by atoms with van der Waals surface area (Å²) < 4.78 is 70.5. The van der Waals surface area contributed by atoms with Gasteiger partial charge in [-0.3, -0.25) is 28.8 Å². The van der Waals surface area contributed by atoms with Crippen molar-refractivity contribution in [3.8, 4) is 0 Å². The molecular formula is C44H40F4KNO12. The first kappa shape index (κ1) is 52.7. The van der Waals surface area contributed by atoms with Crippen LogP contribution in [-0.4, -0.2) is 74.5 Å². The monoisotopic (exact) mass is 889 g/mol. The quantitative estimate of drug-likeness (QED) is 0.0716. The van der Waals surface area contributed by atoms with Gasteiger partial charge in [-0.25, -0.2) is 17.6 Å². The van der Waals surface area contributed by atoms with E-state index in [0.717, 1.165) is 11.1 Å². The second-order valence-electron chi connectivity index (χ2n) is 13.5. The van der Waals surface area contributed by atoms with E-state index in [4.69, 9.17) is 22.0 Å². The number of halogens is 4. The number of carbonyl (C=O) groups excluding carboxylic acids is 4. The van der Waals surface area contributed by atoms with Crippen molar-refractivity contribution >= 4 is 35.8 Å². The van der Waals surface area contributed by atoms with Gasteiger partial charge >= 0.3 is 87.2 Å². The smallest absolute Gasteiger partial charge is 0.512 e. The SMILES string of the molecule is C.COC(=O)C1(C(=O)OC)Cc2c(F)cccc21.COC(=O)C1(C(=O)OC)Cc2ccc(F)cc21.O=C(O)C1Cc2c(F)cccc21.O=C(O)C1Cc2ccc(F)cc21.[C-]#N.[K+]. The molecule has 4 aromatic rings. The Labute approximate surface area is 396 Å². The van der Waals surface area contributed by atoms with Gasteiger partial charge in [-0.2, -0.15) is 0 Å². The fourth-order valence-electron chi connectivity index (χ4n) is 7.37. The first-order chi connectivity index (χ1) is 28.5. The largest absolute Gasteiger partial charge is 1.00 e. The summed E-state index contributed by atoms with van der Waals surface area (Å²) in [6.07, 6.45) is 1.03. The van der Waals surface area contributed by atoms with E-state index in [-0.39, 0.29) is 83.3 Å². The summed E-state index contributed by atoms with van der Waals surface area (Å²) in [5, 5.41) is 23.5. The molecule has 2 atom stereocenters. The summed E-state index contributed by atoms with van der Waals surface area (Å²) >= 11 is 0. The number of hydrogen-bond donors (Lipinski definition) is 2. The zero-order chi connectivity index (χ0) is 44.7. The Morgan fingerprint density at radius 3 is 1.52 bits per heavy atom. The minimum atomic E-state index is -1.50. The van der Waals surface area contributed by atoms with Crippen molar-refractivity contribution in [3.63, 3.8) is 0 Å². The third-order valence-corrected chi connectivity index (χ3v) is 10.6. The Morgan fingerprint density at radius 2 is 1.02 bits per heavy atom. The van der Waals surface area contributed by atoms with Crippen molar-refractivity contribution in [2.45, 2.75) is 55.8 Å². The molecule has 322 valence electrons. The molecule has 8 rings (SSSR count). The van der Waals surface area contributed by atoms with Crippen LogP contribution in [0.15, 0.2) is 72.8 Å². The van der Waals surface area contributed by atoms with Crippen molar-refractivity contribution in [2.24, 2.45) is 0 Å². The number of benzene rings is 4. The number of nitrogens with zero attached hydrogens (tertiary/aromatic N) is 1. The van der Waals surface area contributed by atoms with E-state index in [9.17, 15) is 46.3 Å². The summed E-state index contributed by atoms with van der Waals surface area (Å²) in [4.78, 5) is 68.0. The van der Waals surface area contributed by atoms with Gasteiger partial charge in [0.1, 0.15) is 23.3 Å². The average Bonchev–Trinajstić information content (AvgIpc) is 3.20. The Kier molecular flexibility index (Phi) is 18.7. The van der Waals surface area contributed by atoms with E-state index in [1.165, 1.54) is 77.0 Å². The van der Waals surface area contributed by atoms with Gasteiger partial charge in [0.25, 0.3) is 0 Å². The minimum Gasteiger partial charge on any atom is -0.512 e. The Hall–Kier alpha value is -5.45. The van der Waals surface area contributed by atoms with Crippen molar-refractivity contribution in [1.29, 1.82) is 5.26 Å². The molecule has 18 heteroatoms. The molecule has 2 N–H and O–H groups in total. The van der Waals surface area contributed by atoms with Crippen LogP contribution in [0.3, 0.4) is 0 Å². The summed E-state index contributed by atoms with van der Waals surface area (Å²) in [5.41, 5.74) is 1.54. The maximum atomic E-state index is 13.4. The molecule has 0 amide bonds. The van der Waals surface area contributed by atoms with E-state index in [1.807, 2.05) is 0 Å². The molecule has 0 aromatic heterocycles. The van der Waals surface area contributed by atoms with E-state index in [2.05, 4.69) is 18.9 Å². The Morgan fingerprint density at radius 1 is 0.581 bits per heavy atom. The number of rotatable bonds is 6. The third kappa shape index (κ3) is 9.77. The molecule has 2 unspecified atom stereocenters. The van der Waals surface area contributed by atoms with Crippen LogP contribution in [0.25, 0.3) is 0 Å². The molecule has 4 aliphatic rings. The van der Waals surface area contributed by atoms with Crippen molar-refractivity contribution in [1.82, 2.24) is 0 Å². The van der Waals surface area contributed by atoms with E-state index >= 15 is 0 Å². The molecule has 0 aliphatic heterocycles. The van der Waals surface area contributed by atoms with Crippen LogP contribution in [0.1, 0.15) is 63.8 Å². The van der Waals surface area contributed by atoms with Gasteiger partial charge in [-0.05, 0) is 93.7 Å². The molecule has 0 saturated heterocycles. The van der Waals surface area contributed by atoms with E-state index in [0.29, 0.717) is 46.2 Å². The van der Waals surface area contributed by atoms with Crippen molar-refractivity contribution < 1.29 is 127 Å². The fraction of sp³-hybridized carbons (Fsp3) is 0.295. The van der Waals surface area contributed by atoms with Gasteiger partial charge in [0.15, 0.2) is 10.8 Å². The molecule has 0 radical (unpaired) electrons. The van der Waals surface area contributed by atoms with Crippen LogP contribution < -0.4 is 51.4 Å². The third-order valence-electron chi connectivity index (χ3n) is 10.6. The number of carbonyl (C=O) groups is 6. The minimum absolute atomic E-state index is 0. The maximum Gasteiger partial charge on any atom is 1.00 e. The molecular weight excluding hydrogens is 850 g/mol. The number of esters is 4. The Bertz CT molecular complexity index is 2310. The molecule has 0 spiro atoms. The zero-order valence-electron chi connectivity index (χ0n) is 33.3. The topological polar surface area (TPSA) is 204 Å². The van der Waals surface area contributed by atoms with Gasteiger partial charge in [-0.1, -0.05) is 43.8 Å². The summed E-state index contributed by atoms with van der Waals surface area (Å²) in [6, 6.07) is 17.2. The van der Waals surface area contributed by atoms with Crippen LogP contribution in [0.4, 0.5) is 17.6 Å². The van der Waals surface area contributed by atoms with Gasteiger partial charge in [0, 0.05) is 12.8 Å². The second-order valence-corrected chi connectivity index (χ2v) is 13.5. The molecule has 4 aliphatic carbocycles. The average molecular weight is 890 g/mol. The predicted molar refractivity (Wildman–Crippen MR) is 204 cm³/mol.